The number of hydrogen-bond acceptors (Lipinski definition) is 2. The predicted octanol–water partition coefficient (Wildman–Crippen LogP) is 3.07. The average Bonchev–Trinajstić information content (AvgIpc) is 1.97. The number of benzene rings is 1. The number of hydrogen-bond donors (Lipinski definition) is 0. The maximum atomic E-state index is 9.91. The van der Waals surface area contributed by atoms with Crippen molar-refractivity contribution in [1.29, 1.82) is 0 Å². The average molecular weight is 232 g/mol. The van der Waals surface area contributed by atoms with E-state index in [1.807, 2.05) is 0 Å². The van der Waals surface area contributed by atoms with Crippen LogP contribution in [0.15, 0.2) is 27.7 Å². The van der Waals surface area contributed by atoms with Gasteiger partial charge in [0.1, 0.15) is 5.69 Å². The van der Waals surface area contributed by atoms with E-state index in [2.05, 4.69) is 20.9 Å². The molecule has 56 valence electrons. The van der Waals surface area contributed by atoms with Crippen LogP contribution >= 0.6 is 27.5 Å². The van der Waals surface area contributed by atoms with Gasteiger partial charge in [-0.3, -0.25) is 0 Å². The van der Waals surface area contributed by atoms with Gasteiger partial charge in [-0.2, -0.15) is 4.99 Å². The summed E-state index contributed by atoms with van der Waals surface area (Å²) in [5, 5.41) is 0.433. The van der Waals surface area contributed by atoms with E-state index in [0.29, 0.717) is 15.2 Å². The van der Waals surface area contributed by atoms with Gasteiger partial charge < -0.3 is 0 Å². The second-order valence-corrected chi connectivity index (χ2v) is 3.03. The Balaban J connectivity index is 3.31. The van der Waals surface area contributed by atoms with Gasteiger partial charge in [-0.15, -0.1) is 0 Å². The molecule has 1 rings (SSSR count). The number of rotatable bonds is 1. The van der Waals surface area contributed by atoms with Crippen LogP contribution in [0.5, 0.6) is 0 Å². The van der Waals surface area contributed by atoms with E-state index in [0.717, 1.165) is 0 Å². The molecule has 0 aliphatic carbocycles. The molecule has 0 spiro atoms. The number of nitrogens with zero attached hydrogens (tertiary/aromatic N) is 1. The summed E-state index contributed by atoms with van der Waals surface area (Å²) < 4.78 is 0.688. The molecule has 1 aromatic rings. The van der Waals surface area contributed by atoms with E-state index in [9.17, 15) is 4.79 Å². The van der Waals surface area contributed by atoms with E-state index >= 15 is 0 Å². The van der Waals surface area contributed by atoms with Crippen LogP contribution in [0.3, 0.4) is 0 Å². The lowest BCUT2D eigenvalue weighted by molar-refractivity contribution is 0.565. The van der Waals surface area contributed by atoms with Crippen molar-refractivity contribution in [2.45, 2.75) is 0 Å². The molecule has 0 heterocycles. The molecule has 0 amide bonds. The molecule has 0 bridgehead atoms. The van der Waals surface area contributed by atoms with Crippen molar-refractivity contribution in [1.82, 2.24) is 0 Å². The molecule has 0 radical (unpaired) electrons. The second-order valence-electron chi connectivity index (χ2n) is 1.77. The molecular formula is C7H3BrClNO. The van der Waals surface area contributed by atoms with E-state index in [1.54, 1.807) is 18.2 Å². The molecule has 11 heavy (non-hydrogen) atoms. The minimum absolute atomic E-state index is 0.421. The highest BCUT2D eigenvalue weighted by molar-refractivity contribution is 9.10. The van der Waals surface area contributed by atoms with Crippen LogP contribution in [0.1, 0.15) is 0 Å². The summed E-state index contributed by atoms with van der Waals surface area (Å²) >= 11 is 8.90. The number of para-hydroxylation sites is 1. The van der Waals surface area contributed by atoms with Crippen LogP contribution in [0, 0.1) is 0 Å². The Kier molecular flexibility index (Phi) is 2.83. The zero-order valence-corrected chi connectivity index (χ0v) is 7.69. The van der Waals surface area contributed by atoms with Gasteiger partial charge >= 0.3 is 0 Å². The minimum atomic E-state index is 0.421. The number of halogens is 2. The fraction of sp³-hybridized carbons (Fsp3) is 0. The smallest absolute Gasteiger partial charge is 0.211 e. The molecule has 0 aliphatic rings. The largest absolute Gasteiger partial charge is 0.240 e. The summed E-state index contributed by atoms with van der Waals surface area (Å²) in [4.78, 5) is 13.3. The Hall–Kier alpha value is -0.630. The molecule has 0 saturated heterocycles. The standard InChI is InChI=1S/C7H3BrClNO/c8-5-2-1-3-6(9)7(5)10-4-11/h1-3H. The van der Waals surface area contributed by atoms with Crippen LogP contribution < -0.4 is 0 Å². The Morgan fingerprint density at radius 3 is 2.82 bits per heavy atom. The highest BCUT2D eigenvalue weighted by Gasteiger charge is 2.01. The zero-order valence-electron chi connectivity index (χ0n) is 5.34. The lowest BCUT2D eigenvalue weighted by Gasteiger charge is -1.96. The predicted molar refractivity (Wildman–Crippen MR) is 46.9 cm³/mol. The van der Waals surface area contributed by atoms with Crippen LogP contribution in [0.4, 0.5) is 5.69 Å². The van der Waals surface area contributed by atoms with E-state index in [-0.39, 0.29) is 0 Å². The third-order valence-corrected chi connectivity index (χ3v) is 2.04. The van der Waals surface area contributed by atoms with Crippen molar-refractivity contribution in [3.8, 4) is 0 Å². The first-order valence-electron chi connectivity index (χ1n) is 2.77. The second kappa shape index (κ2) is 3.67. The molecule has 0 unspecified atom stereocenters. The fourth-order valence-electron chi connectivity index (χ4n) is 0.641. The van der Waals surface area contributed by atoms with Crippen molar-refractivity contribution in [2.24, 2.45) is 4.99 Å². The number of aliphatic imine (C=N–C) groups is 1. The van der Waals surface area contributed by atoms with Gasteiger partial charge in [-0.05, 0) is 28.1 Å². The van der Waals surface area contributed by atoms with Gasteiger partial charge in [0.2, 0.25) is 6.08 Å². The van der Waals surface area contributed by atoms with Gasteiger partial charge in [0.05, 0.1) is 5.02 Å². The first-order valence-corrected chi connectivity index (χ1v) is 3.94. The summed E-state index contributed by atoms with van der Waals surface area (Å²) in [6.45, 7) is 0. The number of carbonyl (C=O) groups excluding carboxylic acids is 1. The minimum Gasteiger partial charge on any atom is -0.211 e. The molecule has 2 nitrogen and oxygen atoms in total. The van der Waals surface area contributed by atoms with Gasteiger partial charge in [-0.25, -0.2) is 4.79 Å². The maximum Gasteiger partial charge on any atom is 0.240 e. The summed E-state index contributed by atoms with van der Waals surface area (Å²) in [7, 11) is 0. The van der Waals surface area contributed by atoms with Crippen LogP contribution in [-0.2, 0) is 4.79 Å². The van der Waals surface area contributed by atoms with Crippen LogP contribution in [0.25, 0.3) is 0 Å². The lowest BCUT2D eigenvalue weighted by atomic mass is 10.3. The molecule has 1 aromatic carbocycles. The van der Waals surface area contributed by atoms with Gasteiger partial charge in [0.15, 0.2) is 0 Å². The summed E-state index contributed by atoms with van der Waals surface area (Å²) in [6, 6.07) is 5.17. The van der Waals surface area contributed by atoms with Gasteiger partial charge in [-0.1, -0.05) is 17.7 Å². The lowest BCUT2D eigenvalue weighted by Crippen LogP contribution is -1.69. The van der Waals surface area contributed by atoms with Gasteiger partial charge in [0, 0.05) is 4.47 Å². The Labute approximate surface area is 77.0 Å². The molecule has 0 saturated carbocycles. The molecule has 0 aliphatic heterocycles. The summed E-state index contributed by atoms with van der Waals surface area (Å²) in [5.41, 5.74) is 0.421. The third kappa shape index (κ3) is 1.90. The van der Waals surface area contributed by atoms with E-state index < -0.39 is 0 Å². The maximum absolute atomic E-state index is 9.91. The SMILES string of the molecule is O=C=Nc1c(Cl)cccc1Br. The van der Waals surface area contributed by atoms with E-state index in [4.69, 9.17) is 11.6 Å². The molecule has 0 aromatic heterocycles. The summed E-state index contributed by atoms with van der Waals surface area (Å²) in [5.74, 6) is 0. The first-order chi connectivity index (χ1) is 5.25. The van der Waals surface area contributed by atoms with Crippen molar-refractivity contribution in [3.05, 3.63) is 27.7 Å². The summed E-state index contributed by atoms with van der Waals surface area (Å²) in [6.07, 6.45) is 1.43. The number of isocyanates is 1. The normalized spacial score (nSPS) is 8.91. The van der Waals surface area contributed by atoms with E-state index in [1.165, 1.54) is 6.08 Å². The molecule has 0 N–H and O–H groups in total. The highest BCUT2D eigenvalue weighted by atomic mass is 79.9. The molecule has 0 fully saturated rings. The van der Waals surface area contributed by atoms with Crippen molar-refractivity contribution >= 4 is 39.3 Å². The fourth-order valence-corrected chi connectivity index (χ4v) is 1.43. The van der Waals surface area contributed by atoms with Crippen LogP contribution in [0.2, 0.25) is 5.02 Å². The Morgan fingerprint density at radius 1 is 1.55 bits per heavy atom. The zero-order chi connectivity index (χ0) is 8.27. The highest BCUT2D eigenvalue weighted by Crippen LogP contribution is 2.32. The quantitative estimate of drug-likeness (QED) is 0.540. The third-order valence-electron chi connectivity index (χ3n) is 1.09. The van der Waals surface area contributed by atoms with Crippen molar-refractivity contribution < 1.29 is 4.79 Å². The van der Waals surface area contributed by atoms with Crippen molar-refractivity contribution in [2.75, 3.05) is 0 Å². The Morgan fingerprint density at radius 2 is 2.27 bits per heavy atom. The monoisotopic (exact) mass is 231 g/mol. The molecular weight excluding hydrogens is 229 g/mol. The topological polar surface area (TPSA) is 29.4 Å². The molecule has 4 heteroatoms. The molecule has 0 atom stereocenters. The first kappa shape index (κ1) is 8.47. The Bertz CT molecular complexity index is 300. The van der Waals surface area contributed by atoms with Crippen LogP contribution in [-0.4, -0.2) is 6.08 Å². The van der Waals surface area contributed by atoms with Gasteiger partial charge in [0.25, 0.3) is 0 Å². The van der Waals surface area contributed by atoms with Crippen molar-refractivity contribution in [3.63, 3.8) is 0 Å².